The molecule has 1 heterocycles. The molecule has 0 bridgehead atoms. The van der Waals surface area contributed by atoms with E-state index in [1.807, 2.05) is 24.1 Å². The lowest BCUT2D eigenvalue weighted by Crippen LogP contribution is -2.32. The summed E-state index contributed by atoms with van der Waals surface area (Å²) in [5.74, 6) is 1.57. The normalized spacial score (nSPS) is 12.6. The molecule has 4 nitrogen and oxygen atoms in total. The first-order valence-corrected chi connectivity index (χ1v) is 6.78. The van der Waals surface area contributed by atoms with Gasteiger partial charge >= 0.3 is 0 Å². The molecule has 0 amide bonds. The van der Waals surface area contributed by atoms with Crippen molar-refractivity contribution in [1.29, 1.82) is 0 Å². The van der Waals surface area contributed by atoms with E-state index < -0.39 is 6.10 Å². The van der Waals surface area contributed by atoms with E-state index in [1.165, 1.54) is 0 Å². The number of aliphatic hydroxyl groups excluding tert-OH is 1. The standard InChI is InChI=1S/C15H18ClNO3/c1-17(10-15-3-2-8-19-15)9-13(18)11-20-14-6-4-12(16)5-7-14/h2-8,13,18H,9-11H2,1H3. The van der Waals surface area contributed by atoms with E-state index in [1.54, 1.807) is 30.5 Å². The van der Waals surface area contributed by atoms with Gasteiger partial charge in [0.1, 0.15) is 24.2 Å². The van der Waals surface area contributed by atoms with Gasteiger partial charge < -0.3 is 14.3 Å². The molecule has 0 aliphatic carbocycles. The number of furan rings is 1. The van der Waals surface area contributed by atoms with Gasteiger partial charge in [-0.3, -0.25) is 4.90 Å². The summed E-state index contributed by atoms with van der Waals surface area (Å²) < 4.78 is 10.8. The number of benzene rings is 1. The van der Waals surface area contributed by atoms with Crippen molar-refractivity contribution in [3.63, 3.8) is 0 Å². The Labute approximate surface area is 123 Å². The van der Waals surface area contributed by atoms with Gasteiger partial charge in [-0.05, 0) is 43.4 Å². The van der Waals surface area contributed by atoms with Gasteiger partial charge in [-0.25, -0.2) is 0 Å². The first-order chi connectivity index (χ1) is 9.63. The molecule has 0 aliphatic heterocycles. The van der Waals surface area contributed by atoms with Crippen molar-refractivity contribution in [3.05, 3.63) is 53.4 Å². The van der Waals surface area contributed by atoms with Gasteiger partial charge in [0.15, 0.2) is 0 Å². The minimum absolute atomic E-state index is 0.240. The molecular formula is C15H18ClNO3. The number of hydrogen-bond acceptors (Lipinski definition) is 4. The van der Waals surface area contributed by atoms with E-state index in [2.05, 4.69) is 0 Å². The lowest BCUT2D eigenvalue weighted by molar-refractivity contribution is 0.0725. The number of nitrogens with zero attached hydrogens (tertiary/aromatic N) is 1. The Hall–Kier alpha value is -1.49. The Kier molecular flexibility index (Phi) is 5.47. The molecule has 0 saturated heterocycles. The number of likely N-dealkylation sites (N-methyl/N-ethyl adjacent to an activating group) is 1. The predicted octanol–water partition coefficient (Wildman–Crippen LogP) is 2.80. The van der Waals surface area contributed by atoms with E-state index in [9.17, 15) is 5.11 Å². The molecular weight excluding hydrogens is 278 g/mol. The highest BCUT2D eigenvalue weighted by atomic mass is 35.5. The largest absolute Gasteiger partial charge is 0.491 e. The summed E-state index contributed by atoms with van der Waals surface area (Å²) in [6, 6.07) is 10.8. The van der Waals surface area contributed by atoms with Crippen LogP contribution in [-0.2, 0) is 6.54 Å². The Balaban J connectivity index is 1.71. The van der Waals surface area contributed by atoms with Gasteiger partial charge in [-0.1, -0.05) is 11.6 Å². The first kappa shape index (κ1) is 14.9. The van der Waals surface area contributed by atoms with Gasteiger partial charge in [0.2, 0.25) is 0 Å². The molecule has 2 aromatic rings. The van der Waals surface area contributed by atoms with Gasteiger partial charge in [0, 0.05) is 11.6 Å². The maximum absolute atomic E-state index is 9.94. The van der Waals surface area contributed by atoms with Crippen LogP contribution in [0.25, 0.3) is 0 Å². The third-order valence-corrected chi connectivity index (χ3v) is 3.04. The van der Waals surface area contributed by atoms with Crippen LogP contribution >= 0.6 is 11.6 Å². The highest BCUT2D eigenvalue weighted by molar-refractivity contribution is 6.30. The van der Waals surface area contributed by atoms with Crippen LogP contribution in [0.2, 0.25) is 5.02 Å². The minimum atomic E-state index is -0.564. The predicted molar refractivity (Wildman–Crippen MR) is 78.0 cm³/mol. The van der Waals surface area contributed by atoms with Crippen molar-refractivity contribution in [2.75, 3.05) is 20.2 Å². The molecule has 0 radical (unpaired) electrons. The summed E-state index contributed by atoms with van der Waals surface area (Å²) in [4.78, 5) is 1.98. The smallest absolute Gasteiger partial charge is 0.119 e. The van der Waals surface area contributed by atoms with Crippen molar-refractivity contribution >= 4 is 11.6 Å². The van der Waals surface area contributed by atoms with Crippen molar-refractivity contribution < 1.29 is 14.3 Å². The number of ether oxygens (including phenoxy) is 1. The second-order valence-electron chi connectivity index (χ2n) is 4.69. The van der Waals surface area contributed by atoms with Gasteiger partial charge in [-0.15, -0.1) is 0 Å². The quantitative estimate of drug-likeness (QED) is 0.853. The lowest BCUT2D eigenvalue weighted by atomic mass is 10.3. The fourth-order valence-corrected chi connectivity index (χ4v) is 1.99. The zero-order valence-corrected chi connectivity index (χ0v) is 12.1. The molecule has 0 fully saturated rings. The SMILES string of the molecule is CN(Cc1ccco1)CC(O)COc1ccc(Cl)cc1. The Bertz CT molecular complexity index is 498. The zero-order valence-electron chi connectivity index (χ0n) is 11.3. The molecule has 1 aromatic heterocycles. The maximum Gasteiger partial charge on any atom is 0.119 e. The topological polar surface area (TPSA) is 45.8 Å². The van der Waals surface area contributed by atoms with Crippen LogP contribution in [0.5, 0.6) is 5.75 Å². The van der Waals surface area contributed by atoms with Crippen LogP contribution in [0.4, 0.5) is 0 Å². The van der Waals surface area contributed by atoms with Crippen LogP contribution in [0.3, 0.4) is 0 Å². The van der Waals surface area contributed by atoms with Gasteiger partial charge in [0.05, 0.1) is 12.8 Å². The zero-order chi connectivity index (χ0) is 14.4. The van der Waals surface area contributed by atoms with Crippen molar-refractivity contribution in [2.24, 2.45) is 0 Å². The van der Waals surface area contributed by atoms with E-state index in [-0.39, 0.29) is 6.61 Å². The molecule has 0 aliphatic rings. The number of aliphatic hydroxyl groups is 1. The highest BCUT2D eigenvalue weighted by Crippen LogP contribution is 2.15. The summed E-state index contributed by atoms with van der Waals surface area (Å²) >= 11 is 5.79. The van der Waals surface area contributed by atoms with Crippen molar-refractivity contribution in [2.45, 2.75) is 12.6 Å². The van der Waals surface area contributed by atoms with Gasteiger partial charge in [0.25, 0.3) is 0 Å². The average Bonchev–Trinajstić information content (AvgIpc) is 2.90. The third kappa shape index (κ3) is 4.89. The second-order valence-corrected chi connectivity index (χ2v) is 5.13. The fourth-order valence-electron chi connectivity index (χ4n) is 1.87. The molecule has 108 valence electrons. The molecule has 0 saturated carbocycles. The fraction of sp³-hybridized carbons (Fsp3) is 0.333. The summed E-state index contributed by atoms with van der Waals surface area (Å²) in [6.07, 6.45) is 1.08. The maximum atomic E-state index is 9.94. The van der Waals surface area contributed by atoms with E-state index in [4.69, 9.17) is 20.8 Å². The number of hydrogen-bond donors (Lipinski definition) is 1. The van der Waals surface area contributed by atoms with Crippen LogP contribution in [0.1, 0.15) is 5.76 Å². The molecule has 1 N–H and O–H groups in total. The van der Waals surface area contributed by atoms with Crippen LogP contribution in [-0.4, -0.2) is 36.3 Å². The minimum Gasteiger partial charge on any atom is -0.491 e. The van der Waals surface area contributed by atoms with Crippen molar-refractivity contribution in [3.8, 4) is 5.75 Å². The number of rotatable bonds is 7. The van der Waals surface area contributed by atoms with E-state index in [0.717, 1.165) is 5.76 Å². The average molecular weight is 296 g/mol. The summed E-state index contributed by atoms with van der Waals surface area (Å²) in [5.41, 5.74) is 0. The van der Waals surface area contributed by atoms with Crippen LogP contribution in [0.15, 0.2) is 47.1 Å². The molecule has 1 atom stereocenters. The molecule has 20 heavy (non-hydrogen) atoms. The Morgan fingerprint density at radius 2 is 2.05 bits per heavy atom. The summed E-state index contributed by atoms with van der Waals surface area (Å²) in [5, 5.41) is 10.6. The lowest BCUT2D eigenvalue weighted by Gasteiger charge is -2.19. The second kappa shape index (κ2) is 7.33. The Morgan fingerprint density at radius 3 is 2.70 bits per heavy atom. The molecule has 2 rings (SSSR count). The Morgan fingerprint density at radius 1 is 1.30 bits per heavy atom. The molecule has 5 heteroatoms. The third-order valence-electron chi connectivity index (χ3n) is 2.78. The van der Waals surface area contributed by atoms with Crippen LogP contribution < -0.4 is 4.74 Å². The molecule has 0 spiro atoms. The molecule has 1 aromatic carbocycles. The highest BCUT2D eigenvalue weighted by Gasteiger charge is 2.10. The van der Waals surface area contributed by atoms with Crippen molar-refractivity contribution in [1.82, 2.24) is 4.90 Å². The molecule has 1 unspecified atom stereocenters. The van der Waals surface area contributed by atoms with E-state index >= 15 is 0 Å². The van der Waals surface area contributed by atoms with E-state index in [0.29, 0.717) is 23.9 Å². The monoisotopic (exact) mass is 295 g/mol. The number of halogens is 1. The summed E-state index contributed by atoms with van der Waals surface area (Å²) in [6.45, 7) is 1.41. The van der Waals surface area contributed by atoms with Gasteiger partial charge in [-0.2, -0.15) is 0 Å². The first-order valence-electron chi connectivity index (χ1n) is 6.41. The van der Waals surface area contributed by atoms with Crippen LogP contribution in [0, 0.1) is 0 Å². The summed E-state index contributed by atoms with van der Waals surface area (Å²) in [7, 11) is 1.92.